The summed E-state index contributed by atoms with van der Waals surface area (Å²) >= 11 is 0. The van der Waals surface area contributed by atoms with E-state index in [0.29, 0.717) is 12.5 Å². The van der Waals surface area contributed by atoms with Gasteiger partial charge in [0.25, 0.3) is 0 Å². The predicted molar refractivity (Wildman–Crippen MR) is 90.8 cm³/mol. The van der Waals surface area contributed by atoms with Crippen molar-refractivity contribution in [3.05, 3.63) is 36.2 Å². The molecular weight excluding hydrogens is 290 g/mol. The van der Waals surface area contributed by atoms with Gasteiger partial charge in [-0.15, -0.1) is 0 Å². The van der Waals surface area contributed by atoms with E-state index in [4.69, 9.17) is 9.47 Å². The van der Waals surface area contributed by atoms with Crippen molar-refractivity contribution in [3.8, 4) is 11.6 Å². The summed E-state index contributed by atoms with van der Waals surface area (Å²) in [5.74, 6) is 2.47. The minimum Gasteiger partial charge on any atom is -0.494 e. The van der Waals surface area contributed by atoms with Crippen molar-refractivity contribution in [3.63, 3.8) is 0 Å². The number of aromatic nitrogens is 2. The van der Waals surface area contributed by atoms with E-state index in [0.717, 1.165) is 35.8 Å². The normalized spacial score (nSPS) is 15.0. The third kappa shape index (κ3) is 2.96. The van der Waals surface area contributed by atoms with Crippen LogP contribution >= 0.6 is 0 Å². The number of hydrogen-bond donors (Lipinski definition) is 0. The van der Waals surface area contributed by atoms with Crippen molar-refractivity contribution in [2.45, 2.75) is 32.6 Å². The van der Waals surface area contributed by atoms with Gasteiger partial charge in [0.05, 0.1) is 18.8 Å². The Morgan fingerprint density at radius 3 is 2.65 bits per heavy atom. The molecule has 5 heteroatoms. The molecule has 3 rings (SSSR count). The highest BCUT2D eigenvalue weighted by molar-refractivity contribution is 5.66. The Hall–Kier alpha value is -2.30. The van der Waals surface area contributed by atoms with E-state index < -0.39 is 0 Å². The molecule has 0 radical (unpaired) electrons. The molecule has 5 nitrogen and oxygen atoms in total. The van der Waals surface area contributed by atoms with E-state index in [1.165, 1.54) is 0 Å². The van der Waals surface area contributed by atoms with Gasteiger partial charge in [0, 0.05) is 18.2 Å². The van der Waals surface area contributed by atoms with Crippen molar-refractivity contribution in [1.29, 1.82) is 0 Å². The molecular formula is C18H23N3O2. The lowest BCUT2D eigenvalue weighted by atomic mass is 9.88. The Labute approximate surface area is 137 Å². The zero-order valence-electron chi connectivity index (χ0n) is 14.2. The van der Waals surface area contributed by atoms with Gasteiger partial charge in [0.1, 0.15) is 17.9 Å². The second kappa shape index (κ2) is 6.07. The Morgan fingerprint density at radius 1 is 1.22 bits per heavy atom. The quantitative estimate of drug-likeness (QED) is 0.842. The van der Waals surface area contributed by atoms with E-state index in [1.807, 2.05) is 31.3 Å². The van der Waals surface area contributed by atoms with E-state index in [2.05, 4.69) is 35.6 Å². The number of hydrogen-bond acceptors (Lipinski definition) is 5. The van der Waals surface area contributed by atoms with Gasteiger partial charge in [0.15, 0.2) is 0 Å². The molecule has 0 saturated carbocycles. The Bertz CT molecular complexity index is 683. The maximum Gasteiger partial charge on any atom is 0.222 e. The molecule has 23 heavy (non-hydrogen) atoms. The van der Waals surface area contributed by atoms with Gasteiger partial charge in [-0.05, 0) is 30.7 Å². The zero-order valence-corrected chi connectivity index (χ0v) is 14.2. The smallest absolute Gasteiger partial charge is 0.222 e. The molecule has 0 aliphatic carbocycles. The third-order valence-corrected chi connectivity index (χ3v) is 4.05. The summed E-state index contributed by atoms with van der Waals surface area (Å²) in [4.78, 5) is 10.8. The van der Waals surface area contributed by atoms with E-state index in [-0.39, 0.29) is 5.41 Å². The van der Waals surface area contributed by atoms with Gasteiger partial charge in [-0.1, -0.05) is 20.8 Å². The fraction of sp³-hybridized carbons (Fsp3) is 0.444. The van der Waals surface area contributed by atoms with Crippen LogP contribution in [0.5, 0.6) is 11.6 Å². The average molecular weight is 313 g/mol. The number of benzene rings is 1. The number of fused-ring (bicyclic) bond motifs is 1. The number of nitrogens with zero attached hydrogens (tertiary/aromatic N) is 3. The van der Waals surface area contributed by atoms with Crippen LogP contribution in [0.15, 0.2) is 30.6 Å². The average Bonchev–Trinajstić information content (AvgIpc) is 2.88. The molecule has 122 valence electrons. The van der Waals surface area contributed by atoms with Crippen LogP contribution in [0.1, 0.15) is 32.8 Å². The summed E-state index contributed by atoms with van der Waals surface area (Å²) in [5.41, 5.74) is 2.02. The fourth-order valence-electron chi connectivity index (χ4n) is 2.75. The molecule has 1 aliphatic rings. The highest BCUT2D eigenvalue weighted by atomic mass is 16.5. The summed E-state index contributed by atoms with van der Waals surface area (Å²) in [5, 5.41) is 0. The van der Waals surface area contributed by atoms with E-state index in [9.17, 15) is 0 Å². The van der Waals surface area contributed by atoms with Gasteiger partial charge in [-0.25, -0.2) is 9.97 Å². The second-order valence-corrected chi connectivity index (χ2v) is 6.45. The van der Waals surface area contributed by atoms with Crippen molar-refractivity contribution in [2.75, 3.05) is 25.2 Å². The van der Waals surface area contributed by atoms with Crippen molar-refractivity contribution >= 4 is 11.5 Å². The third-order valence-electron chi connectivity index (χ3n) is 4.05. The SMILES string of the molecule is CCCOc1ccc(N(C)c2ncnc3c2C(C)(C)CO3)cc1. The van der Waals surface area contributed by atoms with Gasteiger partial charge in [0.2, 0.25) is 5.88 Å². The molecule has 0 unspecified atom stereocenters. The Kier molecular flexibility index (Phi) is 4.11. The highest BCUT2D eigenvalue weighted by Crippen LogP contribution is 2.43. The van der Waals surface area contributed by atoms with Crippen molar-refractivity contribution in [2.24, 2.45) is 0 Å². The van der Waals surface area contributed by atoms with Crippen LogP contribution in [0.3, 0.4) is 0 Å². The molecule has 1 aromatic carbocycles. The summed E-state index contributed by atoms with van der Waals surface area (Å²) < 4.78 is 11.3. The summed E-state index contributed by atoms with van der Waals surface area (Å²) in [6.45, 7) is 7.77. The molecule has 0 saturated heterocycles. The molecule has 2 aromatic rings. The lowest BCUT2D eigenvalue weighted by Gasteiger charge is -2.24. The standard InChI is InChI=1S/C18H23N3O2/c1-5-10-22-14-8-6-13(7-9-14)21(4)16-15-17(20-12-19-16)23-11-18(15,2)3/h6-9,12H,5,10-11H2,1-4H3. The Morgan fingerprint density at radius 2 is 1.96 bits per heavy atom. The lowest BCUT2D eigenvalue weighted by Crippen LogP contribution is -2.23. The van der Waals surface area contributed by atoms with Crippen molar-refractivity contribution in [1.82, 2.24) is 9.97 Å². The molecule has 2 heterocycles. The number of anilines is 2. The van der Waals surface area contributed by atoms with Gasteiger partial charge in [-0.3, -0.25) is 0 Å². The summed E-state index contributed by atoms with van der Waals surface area (Å²) in [6, 6.07) is 8.07. The van der Waals surface area contributed by atoms with Gasteiger partial charge in [-0.2, -0.15) is 0 Å². The number of rotatable bonds is 5. The molecule has 0 fully saturated rings. The van der Waals surface area contributed by atoms with E-state index in [1.54, 1.807) is 6.33 Å². The monoisotopic (exact) mass is 313 g/mol. The topological polar surface area (TPSA) is 47.5 Å². The fourth-order valence-corrected chi connectivity index (χ4v) is 2.75. The van der Waals surface area contributed by atoms with Gasteiger partial charge >= 0.3 is 0 Å². The second-order valence-electron chi connectivity index (χ2n) is 6.45. The number of ether oxygens (including phenoxy) is 2. The maximum atomic E-state index is 5.71. The Balaban J connectivity index is 1.90. The maximum absolute atomic E-state index is 5.71. The molecule has 0 amide bonds. The van der Waals surface area contributed by atoms with E-state index >= 15 is 0 Å². The van der Waals surface area contributed by atoms with Crippen LogP contribution in [0.25, 0.3) is 0 Å². The van der Waals surface area contributed by atoms with Crippen LogP contribution in [0.2, 0.25) is 0 Å². The van der Waals surface area contributed by atoms with Crippen LogP contribution in [0.4, 0.5) is 11.5 Å². The summed E-state index contributed by atoms with van der Waals surface area (Å²) in [7, 11) is 2.01. The lowest BCUT2D eigenvalue weighted by molar-refractivity contribution is 0.284. The minimum atomic E-state index is -0.0929. The minimum absolute atomic E-state index is 0.0929. The van der Waals surface area contributed by atoms with Crippen LogP contribution in [-0.4, -0.2) is 30.2 Å². The van der Waals surface area contributed by atoms with Crippen molar-refractivity contribution < 1.29 is 9.47 Å². The summed E-state index contributed by atoms with van der Waals surface area (Å²) in [6.07, 6.45) is 2.56. The van der Waals surface area contributed by atoms with Crippen LogP contribution in [-0.2, 0) is 5.41 Å². The van der Waals surface area contributed by atoms with Gasteiger partial charge < -0.3 is 14.4 Å². The van der Waals surface area contributed by atoms with Crippen LogP contribution in [0, 0.1) is 0 Å². The predicted octanol–water partition coefficient (Wildman–Crippen LogP) is 3.70. The molecule has 0 spiro atoms. The molecule has 0 N–H and O–H groups in total. The first kappa shape index (κ1) is 15.6. The largest absolute Gasteiger partial charge is 0.494 e. The van der Waals surface area contributed by atoms with Crippen LogP contribution < -0.4 is 14.4 Å². The molecule has 0 atom stereocenters. The first-order valence-electron chi connectivity index (χ1n) is 7.98. The molecule has 1 aromatic heterocycles. The molecule has 0 bridgehead atoms. The first-order chi connectivity index (χ1) is 11.0. The highest BCUT2D eigenvalue weighted by Gasteiger charge is 2.37. The molecule has 1 aliphatic heterocycles. The zero-order chi connectivity index (χ0) is 16.4. The first-order valence-corrected chi connectivity index (χ1v) is 7.98.